The molecule has 0 fully saturated rings. The molecule has 0 aliphatic heterocycles. The molecule has 0 saturated heterocycles. The van der Waals surface area contributed by atoms with Crippen LogP contribution in [0.2, 0.25) is 0 Å². The van der Waals surface area contributed by atoms with Crippen LogP contribution >= 0.6 is 0 Å². The van der Waals surface area contributed by atoms with Gasteiger partial charge in [-0.25, -0.2) is 5.84 Å². The summed E-state index contributed by atoms with van der Waals surface area (Å²) in [6, 6.07) is 13.1. The Bertz CT molecular complexity index is 468. The lowest BCUT2D eigenvalue weighted by atomic mass is 10.2. The second-order valence-electron chi connectivity index (χ2n) is 3.42. The maximum Gasteiger partial charge on any atom is 0.221 e. The quantitative estimate of drug-likeness (QED) is 0.610. The SMILES string of the molecule is Cc1ccc(Oc2cccc(NN)n2)cc1. The van der Waals surface area contributed by atoms with Gasteiger partial charge in [0.05, 0.1) is 0 Å². The van der Waals surface area contributed by atoms with Crippen LogP contribution < -0.4 is 16.0 Å². The van der Waals surface area contributed by atoms with Gasteiger partial charge in [-0.1, -0.05) is 23.8 Å². The first kappa shape index (κ1) is 10.4. The van der Waals surface area contributed by atoms with Gasteiger partial charge in [0.15, 0.2) is 0 Å². The number of nitrogen functional groups attached to an aromatic ring is 1. The average Bonchev–Trinajstić information content (AvgIpc) is 2.32. The van der Waals surface area contributed by atoms with Crippen molar-refractivity contribution in [1.29, 1.82) is 0 Å². The van der Waals surface area contributed by atoms with Crippen LogP contribution in [0, 0.1) is 6.92 Å². The Balaban J connectivity index is 2.16. The maximum absolute atomic E-state index is 5.57. The Morgan fingerprint density at radius 3 is 2.56 bits per heavy atom. The number of nitrogens with one attached hydrogen (secondary N) is 1. The predicted molar refractivity (Wildman–Crippen MR) is 63.3 cm³/mol. The number of hydrazine groups is 1. The summed E-state index contributed by atoms with van der Waals surface area (Å²) in [5.74, 6) is 7.11. The number of nitrogens with two attached hydrogens (primary N) is 1. The van der Waals surface area contributed by atoms with Crippen molar-refractivity contribution in [1.82, 2.24) is 4.98 Å². The molecule has 4 heteroatoms. The summed E-state index contributed by atoms with van der Waals surface area (Å²) >= 11 is 0. The molecular weight excluding hydrogens is 202 g/mol. The number of benzene rings is 1. The van der Waals surface area contributed by atoms with Gasteiger partial charge in [-0.3, -0.25) is 0 Å². The topological polar surface area (TPSA) is 60.2 Å². The van der Waals surface area contributed by atoms with Crippen LogP contribution in [0.4, 0.5) is 5.82 Å². The highest BCUT2D eigenvalue weighted by atomic mass is 16.5. The van der Waals surface area contributed by atoms with Gasteiger partial charge in [0, 0.05) is 6.07 Å². The smallest absolute Gasteiger partial charge is 0.221 e. The van der Waals surface area contributed by atoms with E-state index in [4.69, 9.17) is 10.6 Å². The molecule has 0 atom stereocenters. The molecule has 2 rings (SSSR count). The number of hydrogen-bond acceptors (Lipinski definition) is 4. The van der Waals surface area contributed by atoms with Crippen molar-refractivity contribution in [2.75, 3.05) is 5.43 Å². The zero-order chi connectivity index (χ0) is 11.4. The van der Waals surface area contributed by atoms with Gasteiger partial charge >= 0.3 is 0 Å². The van der Waals surface area contributed by atoms with Crippen LogP contribution in [0.15, 0.2) is 42.5 Å². The third-order valence-corrected chi connectivity index (χ3v) is 2.11. The van der Waals surface area contributed by atoms with Gasteiger partial charge in [0.2, 0.25) is 5.88 Å². The minimum atomic E-state index is 0.513. The lowest BCUT2D eigenvalue weighted by Gasteiger charge is -2.06. The first-order valence-electron chi connectivity index (χ1n) is 4.96. The molecule has 0 unspecified atom stereocenters. The number of nitrogens with zero attached hydrogens (tertiary/aromatic N) is 1. The normalized spacial score (nSPS) is 9.88. The molecule has 16 heavy (non-hydrogen) atoms. The lowest BCUT2D eigenvalue weighted by molar-refractivity contribution is 0.463. The molecule has 0 spiro atoms. The van der Waals surface area contributed by atoms with E-state index in [9.17, 15) is 0 Å². The van der Waals surface area contributed by atoms with E-state index < -0.39 is 0 Å². The molecular formula is C12H13N3O. The summed E-state index contributed by atoms with van der Waals surface area (Å²) in [4.78, 5) is 4.15. The number of aryl methyl sites for hydroxylation is 1. The predicted octanol–water partition coefficient (Wildman–Crippen LogP) is 2.47. The van der Waals surface area contributed by atoms with Crippen LogP contribution in [-0.2, 0) is 0 Å². The first-order valence-corrected chi connectivity index (χ1v) is 4.96. The third-order valence-electron chi connectivity index (χ3n) is 2.11. The van der Waals surface area contributed by atoms with Crippen molar-refractivity contribution in [2.24, 2.45) is 5.84 Å². The number of pyridine rings is 1. The van der Waals surface area contributed by atoms with Gasteiger partial charge in [-0.05, 0) is 25.1 Å². The summed E-state index contributed by atoms with van der Waals surface area (Å²) in [6.07, 6.45) is 0. The van der Waals surface area contributed by atoms with Crippen LogP contribution in [0.3, 0.4) is 0 Å². The third kappa shape index (κ3) is 2.49. The average molecular weight is 215 g/mol. The number of rotatable bonds is 3. The molecule has 0 radical (unpaired) electrons. The van der Waals surface area contributed by atoms with Gasteiger partial charge in [-0.15, -0.1) is 0 Å². The van der Waals surface area contributed by atoms with Crippen LogP contribution in [0.1, 0.15) is 5.56 Å². The molecule has 2 aromatic rings. The van der Waals surface area contributed by atoms with Gasteiger partial charge in [-0.2, -0.15) is 4.98 Å². The lowest BCUT2D eigenvalue weighted by Crippen LogP contribution is -2.08. The summed E-state index contributed by atoms with van der Waals surface area (Å²) in [5, 5.41) is 0. The van der Waals surface area contributed by atoms with Crippen molar-refractivity contribution in [2.45, 2.75) is 6.92 Å². The van der Waals surface area contributed by atoms with E-state index in [-0.39, 0.29) is 0 Å². The fourth-order valence-corrected chi connectivity index (χ4v) is 1.28. The standard InChI is InChI=1S/C12H13N3O/c1-9-5-7-10(8-6-9)16-12-4-2-3-11(14-12)15-13/h2-8H,13H2,1H3,(H,14,15). The number of hydrogen-bond donors (Lipinski definition) is 2. The Morgan fingerprint density at radius 2 is 1.88 bits per heavy atom. The van der Waals surface area contributed by atoms with Gasteiger partial charge in [0.25, 0.3) is 0 Å². The Hall–Kier alpha value is -2.07. The van der Waals surface area contributed by atoms with Crippen molar-refractivity contribution >= 4 is 5.82 Å². The highest BCUT2D eigenvalue weighted by Gasteiger charge is 1.99. The highest BCUT2D eigenvalue weighted by molar-refractivity contribution is 5.37. The molecule has 1 aromatic heterocycles. The number of ether oxygens (including phenoxy) is 1. The molecule has 0 bridgehead atoms. The first-order chi connectivity index (χ1) is 7.78. The number of anilines is 1. The van der Waals surface area contributed by atoms with E-state index in [1.165, 1.54) is 5.56 Å². The zero-order valence-corrected chi connectivity index (χ0v) is 8.97. The fraction of sp³-hybridized carbons (Fsp3) is 0.0833. The zero-order valence-electron chi connectivity index (χ0n) is 8.97. The Labute approximate surface area is 94.0 Å². The number of aromatic nitrogens is 1. The van der Waals surface area contributed by atoms with Crippen molar-refractivity contribution in [3.63, 3.8) is 0 Å². The maximum atomic E-state index is 5.57. The van der Waals surface area contributed by atoms with E-state index in [0.717, 1.165) is 5.75 Å². The largest absolute Gasteiger partial charge is 0.439 e. The highest BCUT2D eigenvalue weighted by Crippen LogP contribution is 2.20. The molecule has 1 aromatic carbocycles. The van der Waals surface area contributed by atoms with Crippen molar-refractivity contribution < 1.29 is 4.74 Å². The van der Waals surface area contributed by atoms with E-state index in [1.807, 2.05) is 37.3 Å². The molecule has 0 amide bonds. The van der Waals surface area contributed by atoms with Crippen LogP contribution in [0.25, 0.3) is 0 Å². The van der Waals surface area contributed by atoms with E-state index in [2.05, 4.69) is 10.4 Å². The second kappa shape index (κ2) is 4.63. The fourth-order valence-electron chi connectivity index (χ4n) is 1.28. The molecule has 0 aliphatic carbocycles. The minimum Gasteiger partial charge on any atom is -0.439 e. The summed E-state index contributed by atoms with van der Waals surface area (Å²) in [6.45, 7) is 2.03. The molecule has 3 N–H and O–H groups in total. The Kier molecular flexibility index (Phi) is 3.03. The van der Waals surface area contributed by atoms with Crippen molar-refractivity contribution in [3.05, 3.63) is 48.0 Å². The summed E-state index contributed by atoms with van der Waals surface area (Å²) < 4.78 is 5.57. The van der Waals surface area contributed by atoms with E-state index in [0.29, 0.717) is 11.7 Å². The Morgan fingerprint density at radius 1 is 1.12 bits per heavy atom. The molecule has 1 heterocycles. The summed E-state index contributed by atoms with van der Waals surface area (Å²) in [7, 11) is 0. The molecule has 4 nitrogen and oxygen atoms in total. The monoisotopic (exact) mass is 215 g/mol. The second-order valence-corrected chi connectivity index (χ2v) is 3.42. The molecule has 82 valence electrons. The van der Waals surface area contributed by atoms with Crippen LogP contribution in [0.5, 0.6) is 11.6 Å². The van der Waals surface area contributed by atoms with E-state index in [1.54, 1.807) is 12.1 Å². The summed E-state index contributed by atoms with van der Waals surface area (Å²) in [5.41, 5.74) is 3.66. The minimum absolute atomic E-state index is 0.513. The van der Waals surface area contributed by atoms with Crippen LogP contribution in [-0.4, -0.2) is 4.98 Å². The van der Waals surface area contributed by atoms with Crippen molar-refractivity contribution in [3.8, 4) is 11.6 Å². The van der Waals surface area contributed by atoms with E-state index >= 15 is 0 Å². The molecule has 0 saturated carbocycles. The van der Waals surface area contributed by atoms with Gasteiger partial charge < -0.3 is 10.2 Å². The van der Waals surface area contributed by atoms with Gasteiger partial charge in [0.1, 0.15) is 11.6 Å². The molecule has 0 aliphatic rings.